The fourth-order valence-electron chi connectivity index (χ4n) is 2.53. The fourth-order valence-corrected chi connectivity index (χ4v) is 2.53. The van der Waals surface area contributed by atoms with Crippen LogP contribution in [-0.4, -0.2) is 26.4 Å². The van der Waals surface area contributed by atoms with Crippen LogP contribution in [0.5, 0.6) is 0 Å². The van der Waals surface area contributed by atoms with E-state index in [4.69, 9.17) is 0 Å². The molecule has 3 aromatic rings. The van der Waals surface area contributed by atoms with Crippen LogP contribution in [0.3, 0.4) is 0 Å². The van der Waals surface area contributed by atoms with E-state index in [-0.39, 0.29) is 0 Å². The van der Waals surface area contributed by atoms with Crippen LogP contribution in [-0.2, 0) is 20.1 Å². The number of benzene rings is 1. The molecule has 0 atom stereocenters. The van der Waals surface area contributed by atoms with Gasteiger partial charge in [-0.05, 0) is 25.6 Å². The average Bonchev–Trinajstić information content (AvgIpc) is 2.96. The van der Waals surface area contributed by atoms with E-state index in [1.165, 1.54) is 16.5 Å². The molecular formula is C15H19N5. The minimum Gasteiger partial charge on any atom is -0.339 e. The standard InChI is InChI=1S/C15H19N5/c1-11-17-18-15(19(11)3)10-20-9-12(8-16-2)13-6-4-5-7-14(13)20/h4-7,9,16H,8,10H2,1-3H3. The number of fused-ring (bicyclic) bond motifs is 1. The molecule has 0 unspecified atom stereocenters. The van der Waals surface area contributed by atoms with Crippen LogP contribution in [0.25, 0.3) is 10.9 Å². The zero-order valence-electron chi connectivity index (χ0n) is 12.1. The van der Waals surface area contributed by atoms with Crippen molar-refractivity contribution in [3.05, 3.63) is 47.7 Å². The van der Waals surface area contributed by atoms with Crippen molar-refractivity contribution in [2.45, 2.75) is 20.0 Å². The van der Waals surface area contributed by atoms with Crippen molar-refractivity contribution in [1.29, 1.82) is 0 Å². The summed E-state index contributed by atoms with van der Waals surface area (Å²) in [6, 6.07) is 8.47. The quantitative estimate of drug-likeness (QED) is 0.786. The number of aromatic nitrogens is 4. The van der Waals surface area contributed by atoms with Gasteiger partial charge in [0.15, 0.2) is 5.82 Å². The lowest BCUT2D eigenvalue weighted by atomic mass is 10.2. The van der Waals surface area contributed by atoms with E-state index in [2.05, 4.69) is 50.5 Å². The Kier molecular flexibility index (Phi) is 3.28. The van der Waals surface area contributed by atoms with Crippen LogP contribution in [0.1, 0.15) is 17.2 Å². The summed E-state index contributed by atoms with van der Waals surface area (Å²) in [5.74, 6) is 1.91. The Bertz CT molecular complexity index is 738. The zero-order valence-corrected chi connectivity index (χ0v) is 12.1. The first-order valence-electron chi connectivity index (χ1n) is 6.77. The average molecular weight is 269 g/mol. The maximum absolute atomic E-state index is 4.25. The van der Waals surface area contributed by atoms with E-state index in [0.717, 1.165) is 24.7 Å². The Morgan fingerprint density at radius 1 is 1.20 bits per heavy atom. The van der Waals surface area contributed by atoms with Crippen LogP contribution in [0.4, 0.5) is 0 Å². The molecule has 0 aliphatic rings. The molecule has 2 heterocycles. The maximum Gasteiger partial charge on any atom is 0.152 e. The largest absolute Gasteiger partial charge is 0.339 e. The smallest absolute Gasteiger partial charge is 0.152 e. The third-order valence-electron chi connectivity index (χ3n) is 3.73. The summed E-state index contributed by atoms with van der Waals surface area (Å²) in [4.78, 5) is 0. The zero-order chi connectivity index (χ0) is 14.1. The number of aryl methyl sites for hydroxylation is 1. The first kappa shape index (κ1) is 12.9. The van der Waals surface area contributed by atoms with Gasteiger partial charge in [0, 0.05) is 30.7 Å². The van der Waals surface area contributed by atoms with Gasteiger partial charge < -0.3 is 14.5 Å². The first-order chi connectivity index (χ1) is 9.70. The third kappa shape index (κ3) is 2.10. The van der Waals surface area contributed by atoms with Crippen LogP contribution < -0.4 is 5.32 Å². The molecule has 5 heteroatoms. The Labute approximate surface area is 118 Å². The van der Waals surface area contributed by atoms with E-state index in [0.29, 0.717) is 0 Å². The van der Waals surface area contributed by atoms with Gasteiger partial charge in [0.05, 0.1) is 6.54 Å². The second-order valence-corrected chi connectivity index (χ2v) is 5.05. The van der Waals surface area contributed by atoms with Gasteiger partial charge >= 0.3 is 0 Å². The second kappa shape index (κ2) is 5.09. The van der Waals surface area contributed by atoms with Gasteiger partial charge in [0.1, 0.15) is 5.82 Å². The minimum absolute atomic E-state index is 0.738. The number of nitrogens with zero attached hydrogens (tertiary/aromatic N) is 4. The summed E-state index contributed by atoms with van der Waals surface area (Å²) >= 11 is 0. The van der Waals surface area contributed by atoms with Crippen molar-refractivity contribution in [2.75, 3.05) is 7.05 Å². The van der Waals surface area contributed by atoms with Crippen molar-refractivity contribution in [3.63, 3.8) is 0 Å². The molecule has 2 aromatic heterocycles. The maximum atomic E-state index is 4.25. The first-order valence-corrected chi connectivity index (χ1v) is 6.77. The molecule has 20 heavy (non-hydrogen) atoms. The molecular weight excluding hydrogens is 250 g/mol. The Morgan fingerprint density at radius 3 is 2.70 bits per heavy atom. The van der Waals surface area contributed by atoms with E-state index in [9.17, 15) is 0 Å². The monoisotopic (exact) mass is 269 g/mol. The minimum atomic E-state index is 0.738. The van der Waals surface area contributed by atoms with Crippen molar-refractivity contribution in [2.24, 2.45) is 7.05 Å². The van der Waals surface area contributed by atoms with Crippen LogP contribution in [0, 0.1) is 6.92 Å². The van der Waals surface area contributed by atoms with Gasteiger partial charge in [-0.3, -0.25) is 0 Å². The Hall–Kier alpha value is -2.14. The highest BCUT2D eigenvalue weighted by Crippen LogP contribution is 2.22. The summed E-state index contributed by atoms with van der Waals surface area (Å²) in [7, 11) is 3.98. The molecule has 0 amide bonds. The summed E-state index contributed by atoms with van der Waals surface area (Å²) in [5.41, 5.74) is 2.54. The highest BCUT2D eigenvalue weighted by molar-refractivity contribution is 5.84. The number of para-hydroxylation sites is 1. The van der Waals surface area contributed by atoms with Gasteiger partial charge in [-0.15, -0.1) is 10.2 Å². The lowest BCUT2D eigenvalue weighted by Gasteiger charge is -2.05. The molecule has 0 aliphatic carbocycles. The highest BCUT2D eigenvalue weighted by Gasteiger charge is 2.11. The molecule has 0 saturated carbocycles. The summed E-state index contributed by atoms with van der Waals surface area (Å²) in [6.45, 7) is 3.57. The predicted octanol–water partition coefficient (Wildman–Crippen LogP) is 1.85. The highest BCUT2D eigenvalue weighted by atomic mass is 15.3. The SMILES string of the molecule is CNCc1cn(Cc2nnc(C)n2C)c2ccccc12. The molecule has 0 spiro atoms. The molecule has 0 radical (unpaired) electrons. The van der Waals surface area contributed by atoms with Crippen LogP contribution in [0.15, 0.2) is 30.5 Å². The molecule has 0 bridgehead atoms. The molecule has 1 aromatic carbocycles. The van der Waals surface area contributed by atoms with Gasteiger partial charge in [-0.2, -0.15) is 0 Å². The Balaban J connectivity index is 2.05. The van der Waals surface area contributed by atoms with Crippen LogP contribution in [0.2, 0.25) is 0 Å². The molecule has 0 fully saturated rings. The predicted molar refractivity (Wildman–Crippen MR) is 79.5 cm³/mol. The van der Waals surface area contributed by atoms with Crippen LogP contribution >= 0.6 is 0 Å². The van der Waals surface area contributed by atoms with Gasteiger partial charge in [0.25, 0.3) is 0 Å². The number of hydrogen-bond donors (Lipinski definition) is 1. The van der Waals surface area contributed by atoms with Crippen molar-refractivity contribution >= 4 is 10.9 Å². The summed E-state index contributed by atoms with van der Waals surface area (Å²) in [6.07, 6.45) is 2.20. The number of nitrogens with one attached hydrogen (secondary N) is 1. The van der Waals surface area contributed by atoms with E-state index in [1.807, 2.05) is 25.6 Å². The number of hydrogen-bond acceptors (Lipinski definition) is 3. The molecule has 104 valence electrons. The topological polar surface area (TPSA) is 47.7 Å². The van der Waals surface area contributed by atoms with Crippen molar-refractivity contribution in [1.82, 2.24) is 24.6 Å². The van der Waals surface area contributed by atoms with Crippen molar-refractivity contribution in [3.8, 4) is 0 Å². The normalized spacial score (nSPS) is 11.3. The molecule has 5 nitrogen and oxygen atoms in total. The summed E-state index contributed by atoms with van der Waals surface area (Å²) < 4.78 is 4.28. The van der Waals surface area contributed by atoms with Gasteiger partial charge in [0.2, 0.25) is 0 Å². The lowest BCUT2D eigenvalue weighted by Crippen LogP contribution is -2.06. The van der Waals surface area contributed by atoms with Gasteiger partial charge in [-0.1, -0.05) is 18.2 Å². The van der Waals surface area contributed by atoms with E-state index in [1.54, 1.807) is 0 Å². The van der Waals surface area contributed by atoms with E-state index >= 15 is 0 Å². The third-order valence-corrected chi connectivity index (χ3v) is 3.73. The van der Waals surface area contributed by atoms with Gasteiger partial charge in [-0.25, -0.2) is 0 Å². The van der Waals surface area contributed by atoms with E-state index < -0.39 is 0 Å². The second-order valence-electron chi connectivity index (χ2n) is 5.05. The molecule has 1 N–H and O–H groups in total. The Morgan fingerprint density at radius 2 is 2.00 bits per heavy atom. The number of rotatable bonds is 4. The molecule has 0 saturated heterocycles. The van der Waals surface area contributed by atoms with Crippen molar-refractivity contribution < 1.29 is 0 Å². The lowest BCUT2D eigenvalue weighted by molar-refractivity contribution is 0.704. The molecule has 0 aliphatic heterocycles. The molecule has 3 rings (SSSR count). The fraction of sp³-hybridized carbons (Fsp3) is 0.333. The summed E-state index contributed by atoms with van der Waals surface area (Å²) in [5, 5.41) is 12.9.